The van der Waals surface area contributed by atoms with E-state index in [4.69, 9.17) is 10.5 Å². The van der Waals surface area contributed by atoms with Crippen molar-refractivity contribution in [2.24, 2.45) is 5.73 Å². The summed E-state index contributed by atoms with van der Waals surface area (Å²) in [6, 6.07) is 14.7. The molecular weight excluding hydrogens is 246 g/mol. The lowest BCUT2D eigenvalue weighted by atomic mass is 9.96. The lowest BCUT2D eigenvalue weighted by Crippen LogP contribution is -2.12. The molecule has 2 rings (SSSR count). The van der Waals surface area contributed by atoms with E-state index < -0.39 is 0 Å². The Labute approximate surface area is 121 Å². The topological polar surface area (TPSA) is 35.2 Å². The minimum Gasteiger partial charge on any atom is -0.496 e. The minimum atomic E-state index is -0.0877. The zero-order valence-electron chi connectivity index (χ0n) is 12.5. The van der Waals surface area contributed by atoms with Crippen LogP contribution in [-0.4, -0.2) is 7.11 Å². The molecule has 0 radical (unpaired) electrons. The molecule has 106 valence electrons. The molecule has 0 heterocycles. The molecule has 2 nitrogen and oxygen atoms in total. The maximum Gasteiger partial charge on any atom is 0.121 e. The molecule has 0 amide bonds. The summed E-state index contributed by atoms with van der Waals surface area (Å²) < 4.78 is 5.29. The van der Waals surface area contributed by atoms with E-state index in [2.05, 4.69) is 37.3 Å². The fraction of sp³-hybridized carbons (Fsp3) is 0.333. The molecular formula is C18H23NO. The lowest BCUT2D eigenvalue weighted by Gasteiger charge is -2.15. The number of methoxy groups -OCH3 is 1. The molecule has 0 aliphatic carbocycles. The first-order valence-corrected chi connectivity index (χ1v) is 7.14. The summed E-state index contributed by atoms with van der Waals surface area (Å²) in [6.07, 6.45) is 2.29. The van der Waals surface area contributed by atoms with Crippen LogP contribution in [0.25, 0.3) is 0 Å². The largest absolute Gasteiger partial charge is 0.496 e. The van der Waals surface area contributed by atoms with Gasteiger partial charge in [0.15, 0.2) is 0 Å². The number of hydrogen-bond acceptors (Lipinski definition) is 2. The van der Waals surface area contributed by atoms with Crippen LogP contribution in [0.2, 0.25) is 0 Å². The highest BCUT2D eigenvalue weighted by Crippen LogP contribution is 2.25. The molecule has 1 unspecified atom stereocenters. The van der Waals surface area contributed by atoms with Gasteiger partial charge in [-0.15, -0.1) is 0 Å². The first-order valence-electron chi connectivity index (χ1n) is 7.14. The monoisotopic (exact) mass is 269 g/mol. The van der Waals surface area contributed by atoms with E-state index in [-0.39, 0.29) is 6.04 Å². The van der Waals surface area contributed by atoms with Crippen LogP contribution in [-0.2, 0) is 6.42 Å². The summed E-state index contributed by atoms with van der Waals surface area (Å²) >= 11 is 0. The highest BCUT2D eigenvalue weighted by Gasteiger charge is 2.10. The van der Waals surface area contributed by atoms with Crippen molar-refractivity contribution in [1.82, 2.24) is 0 Å². The number of rotatable bonds is 5. The third-order valence-electron chi connectivity index (χ3n) is 3.66. The number of ether oxygens (including phenoxy) is 1. The van der Waals surface area contributed by atoms with Crippen LogP contribution in [0.1, 0.15) is 41.6 Å². The van der Waals surface area contributed by atoms with Gasteiger partial charge in [-0.05, 0) is 41.7 Å². The van der Waals surface area contributed by atoms with Crippen LogP contribution in [0.15, 0.2) is 42.5 Å². The van der Waals surface area contributed by atoms with Gasteiger partial charge in [0.25, 0.3) is 0 Å². The van der Waals surface area contributed by atoms with Crippen molar-refractivity contribution in [3.8, 4) is 5.75 Å². The summed E-state index contributed by atoms with van der Waals surface area (Å²) in [4.78, 5) is 0. The zero-order valence-corrected chi connectivity index (χ0v) is 12.5. The van der Waals surface area contributed by atoms with Gasteiger partial charge in [-0.25, -0.2) is 0 Å². The minimum absolute atomic E-state index is 0.0877. The van der Waals surface area contributed by atoms with Gasteiger partial charge in [0.1, 0.15) is 5.75 Å². The molecule has 0 bridgehead atoms. The van der Waals surface area contributed by atoms with E-state index in [0.29, 0.717) is 0 Å². The molecule has 2 aromatic carbocycles. The van der Waals surface area contributed by atoms with Gasteiger partial charge in [-0.3, -0.25) is 0 Å². The molecule has 2 aromatic rings. The van der Waals surface area contributed by atoms with Crippen molar-refractivity contribution < 1.29 is 4.74 Å². The Morgan fingerprint density at radius 2 is 1.70 bits per heavy atom. The summed E-state index contributed by atoms with van der Waals surface area (Å²) in [7, 11) is 1.69. The fourth-order valence-corrected chi connectivity index (χ4v) is 2.47. The van der Waals surface area contributed by atoms with Crippen molar-refractivity contribution in [3.63, 3.8) is 0 Å². The van der Waals surface area contributed by atoms with Crippen molar-refractivity contribution >= 4 is 0 Å². The van der Waals surface area contributed by atoms with Gasteiger partial charge in [-0.2, -0.15) is 0 Å². The molecule has 0 aromatic heterocycles. The van der Waals surface area contributed by atoms with E-state index in [1.165, 1.54) is 12.0 Å². The Balaban J connectivity index is 2.21. The molecule has 2 heteroatoms. The van der Waals surface area contributed by atoms with Gasteiger partial charge in [0.05, 0.1) is 13.2 Å². The van der Waals surface area contributed by atoms with Crippen molar-refractivity contribution in [1.29, 1.82) is 0 Å². The molecule has 0 aliphatic rings. The number of hydrogen-bond donors (Lipinski definition) is 1. The van der Waals surface area contributed by atoms with E-state index in [0.717, 1.165) is 28.9 Å². The predicted octanol–water partition coefficient (Wildman–Crippen LogP) is 4.00. The Bertz CT molecular complexity index is 560. The first-order chi connectivity index (χ1) is 9.65. The van der Waals surface area contributed by atoms with Crippen molar-refractivity contribution in [2.75, 3.05) is 7.11 Å². The fourth-order valence-electron chi connectivity index (χ4n) is 2.47. The molecule has 0 saturated heterocycles. The molecule has 1 atom stereocenters. The normalized spacial score (nSPS) is 12.2. The van der Waals surface area contributed by atoms with E-state index in [9.17, 15) is 0 Å². The van der Waals surface area contributed by atoms with E-state index in [1.807, 2.05) is 19.1 Å². The maximum atomic E-state index is 6.36. The van der Waals surface area contributed by atoms with Gasteiger partial charge < -0.3 is 10.5 Å². The van der Waals surface area contributed by atoms with Crippen LogP contribution in [0.4, 0.5) is 0 Å². The lowest BCUT2D eigenvalue weighted by molar-refractivity contribution is 0.411. The van der Waals surface area contributed by atoms with Crippen LogP contribution in [0.3, 0.4) is 0 Å². The average Bonchev–Trinajstić information content (AvgIpc) is 2.47. The van der Waals surface area contributed by atoms with E-state index >= 15 is 0 Å². The highest BCUT2D eigenvalue weighted by atomic mass is 16.5. The third kappa shape index (κ3) is 3.20. The Morgan fingerprint density at radius 3 is 2.25 bits per heavy atom. The molecule has 0 aliphatic heterocycles. The SMILES string of the molecule is CCCc1ccc(C(N)c2ccc(OC)c(C)c2)cc1. The first kappa shape index (κ1) is 14.6. The summed E-state index contributed by atoms with van der Waals surface area (Å²) in [5.41, 5.74) is 11.1. The van der Waals surface area contributed by atoms with Gasteiger partial charge in [0.2, 0.25) is 0 Å². The molecule has 0 spiro atoms. The van der Waals surface area contributed by atoms with Gasteiger partial charge in [-0.1, -0.05) is 49.7 Å². The van der Waals surface area contributed by atoms with E-state index in [1.54, 1.807) is 7.11 Å². The van der Waals surface area contributed by atoms with Crippen LogP contribution in [0.5, 0.6) is 5.75 Å². The highest BCUT2D eigenvalue weighted by molar-refractivity contribution is 5.41. The second-order valence-electron chi connectivity index (χ2n) is 5.20. The standard InChI is InChI=1S/C18H23NO/c1-4-5-14-6-8-15(9-7-14)18(19)16-10-11-17(20-3)13(2)12-16/h6-12,18H,4-5,19H2,1-3H3. The second kappa shape index (κ2) is 6.58. The average molecular weight is 269 g/mol. The molecule has 2 N–H and O–H groups in total. The zero-order chi connectivity index (χ0) is 14.5. The van der Waals surface area contributed by atoms with Gasteiger partial charge in [0, 0.05) is 0 Å². The molecule has 0 saturated carbocycles. The summed E-state index contributed by atoms with van der Waals surface area (Å²) in [5.74, 6) is 0.902. The van der Waals surface area contributed by atoms with Crippen molar-refractivity contribution in [3.05, 3.63) is 64.7 Å². The third-order valence-corrected chi connectivity index (χ3v) is 3.66. The number of benzene rings is 2. The molecule has 20 heavy (non-hydrogen) atoms. The maximum absolute atomic E-state index is 6.36. The Hall–Kier alpha value is -1.80. The number of nitrogens with two attached hydrogens (primary N) is 1. The smallest absolute Gasteiger partial charge is 0.121 e. The van der Waals surface area contributed by atoms with Crippen LogP contribution in [0, 0.1) is 6.92 Å². The van der Waals surface area contributed by atoms with Crippen LogP contribution >= 0.6 is 0 Å². The number of aryl methyl sites for hydroxylation is 2. The Kier molecular flexibility index (Phi) is 4.80. The van der Waals surface area contributed by atoms with Gasteiger partial charge >= 0.3 is 0 Å². The van der Waals surface area contributed by atoms with Crippen molar-refractivity contribution in [2.45, 2.75) is 32.7 Å². The second-order valence-corrected chi connectivity index (χ2v) is 5.20. The summed E-state index contributed by atoms with van der Waals surface area (Å²) in [6.45, 7) is 4.24. The quantitative estimate of drug-likeness (QED) is 0.890. The predicted molar refractivity (Wildman–Crippen MR) is 84.2 cm³/mol. The van der Waals surface area contributed by atoms with Crippen LogP contribution < -0.4 is 10.5 Å². The Morgan fingerprint density at radius 1 is 1.05 bits per heavy atom. The molecule has 0 fully saturated rings. The summed E-state index contributed by atoms with van der Waals surface area (Å²) in [5, 5.41) is 0.